The lowest BCUT2D eigenvalue weighted by Crippen LogP contribution is -2.41. The van der Waals surface area contributed by atoms with Crippen molar-refractivity contribution in [2.75, 3.05) is 41.9 Å². The van der Waals surface area contributed by atoms with E-state index in [4.69, 9.17) is 21.1 Å². The number of aromatic nitrogens is 1. The lowest BCUT2D eigenvalue weighted by Gasteiger charge is -2.27. The van der Waals surface area contributed by atoms with Gasteiger partial charge in [-0.15, -0.1) is 0 Å². The highest BCUT2D eigenvalue weighted by Crippen LogP contribution is 2.55. The number of nitrogens with zero attached hydrogens (tertiary/aromatic N) is 2. The maximum Gasteiger partial charge on any atom is 0.322 e. The number of nitrogens with one attached hydrogen (secondary N) is 2. The Kier molecular flexibility index (Phi) is 7.32. The van der Waals surface area contributed by atoms with Crippen LogP contribution in [0.4, 0.5) is 21.6 Å². The predicted octanol–water partition coefficient (Wildman–Crippen LogP) is 2.55. The highest BCUT2D eigenvalue weighted by molar-refractivity contribution is 6.30. The van der Waals surface area contributed by atoms with Crippen LogP contribution in [-0.2, 0) is 28.7 Å². The first-order chi connectivity index (χ1) is 17.3. The third-order valence-electron chi connectivity index (χ3n) is 5.86. The highest BCUT2D eigenvalue weighted by atomic mass is 35.5. The Balaban J connectivity index is 1.52. The van der Waals surface area contributed by atoms with Gasteiger partial charge < -0.3 is 25.0 Å². The van der Waals surface area contributed by atoms with E-state index in [0.29, 0.717) is 17.3 Å². The van der Waals surface area contributed by atoms with Crippen LogP contribution in [0, 0.1) is 17.2 Å². The number of pyridine rings is 1. The van der Waals surface area contributed by atoms with Crippen LogP contribution in [0.5, 0.6) is 0 Å². The monoisotopic (exact) mass is 516 g/mol. The van der Waals surface area contributed by atoms with Gasteiger partial charge in [0.15, 0.2) is 5.41 Å². The molecule has 0 bridgehead atoms. The average Bonchev–Trinajstić information content (AvgIpc) is 3.63. The van der Waals surface area contributed by atoms with Gasteiger partial charge in [-0.1, -0.05) is 24.3 Å². The van der Waals surface area contributed by atoms with Crippen molar-refractivity contribution in [3.05, 3.63) is 60.0 Å². The molecule has 1 aromatic carbocycles. The Hall–Kier alpha value is -3.83. The molecular formula is C24H22ClFN4O6. The molecule has 2 heterocycles. The standard InChI is InChI=1S/C24H22ClFN4O6/c1-2-8-36-23(34)24(11-16(24)21(32)29-19-6-3-14(25)12-27-19)22(33)28-18-5-4-15(10-17(18)26)30-7-9-35-13-20(30)31/h2-6,10,12,16H,1,7-9,11,13H2,(H,28,33)(H,27,29,32). The van der Waals surface area contributed by atoms with Gasteiger partial charge in [-0.05, 0) is 36.8 Å². The van der Waals surface area contributed by atoms with Crippen LogP contribution < -0.4 is 15.5 Å². The Morgan fingerprint density at radius 3 is 2.78 bits per heavy atom. The second kappa shape index (κ2) is 10.4. The lowest BCUT2D eigenvalue weighted by atomic mass is 10.0. The Labute approximate surface area is 210 Å². The average molecular weight is 517 g/mol. The number of esters is 1. The fraction of sp³-hybridized carbons (Fsp3) is 0.292. The number of ether oxygens (including phenoxy) is 2. The van der Waals surface area contributed by atoms with Crippen molar-refractivity contribution in [1.29, 1.82) is 0 Å². The van der Waals surface area contributed by atoms with Gasteiger partial charge in [0.1, 0.15) is 24.8 Å². The number of carbonyl (C=O) groups is 4. The summed E-state index contributed by atoms with van der Waals surface area (Å²) >= 11 is 5.80. The molecule has 1 saturated carbocycles. The van der Waals surface area contributed by atoms with Crippen LogP contribution >= 0.6 is 11.6 Å². The number of carbonyl (C=O) groups excluding carboxylic acids is 4. The van der Waals surface area contributed by atoms with E-state index in [-0.39, 0.29) is 43.6 Å². The van der Waals surface area contributed by atoms with E-state index in [0.717, 1.165) is 6.07 Å². The minimum atomic E-state index is -1.86. The van der Waals surface area contributed by atoms with Crippen molar-refractivity contribution in [3.63, 3.8) is 0 Å². The van der Waals surface area contributed by atoms with Crippen molar-refractivity contribution < 1.29 is 33.0 Å². The Morgan fingerprint density at radius 1 is 1.31 bits per heavy atom. The number of anilines is 3. The van der Waals surface area contributed by atoms with Crippen LogP contribution in [-0.4, -0.2) is 55.0 Å². The molecule has 3 amide bonds. The molecule has 2 atom stereocenters. The largest absolute Gasteiger partial charge is 0.461 e. The highest BCUT2D eigenvalue weighted by Gasteiger charge is 2.70. The SMILES string of the molecule is C=CCOC(=O)C1(C(=O)Nc2ccc(N3CCOCC3=O)cc2F)CC1C(=O)Nc1ccc(Cl)cn1. The van der Waals surface area contributed by atoms with Crippen molar-refractivity contribution >= 4 is 52.5 Å². The zero-order valence-electron chi connectivity index (χ0n) is 19.0. The van der Waals surface area contributed by atoms with Crippen LogP contribution in [0.3, 0.4) is 0 Å². The van der Waals surface area contributed by atoms with Crippen molar-refractivity contribution in [2.45, 2.75) is 6.42 Å². The summed E-state index contributed by atoms with van der Waals surface area (Å²) in [5.74, 6) is -4.47. The van der Waals surface area contributed by atoms with Crippen LogP contribution in [0.25, 0.3) is 0 Å². The fourth-order valence-electron chi connectivity index (χ4n) is 3.87. The zero-order valence-corrected chi connectivity index (χ0v) is 19.7. The van der Waals surface area contributed by atoms with Gasteiger partial charge >= 0.3 is 5.97 Å². The number of morpholine rings is 1. The van der Waals surface area contributed by atoms with E-state index in [1.165, 1.54) is 41.4 Å². The molecule has 12 heteroatoms. The van der Waals surface area contributed by atoms with E-state index in [1.54, 1.807) is 0 Å². The topological polar surface area (TPSA) is 127 Å². The molecule has 0 spiro atoms. The van der Waals surface area contributed by atoms with Gasteiger partial charge in [0.05, 0.1) is 23.2 Å². The van der Waals surface area contributed by atoms with Crippen molar-refractivity contribution in [3.8, 4) is 0 Å². The minimum absolute atomic E-state index is 0.107. The van der Waals surface area contributed by atoms with Crippen molar-refractivity contribution in [1.82, 2.24) is 4.98 Å². The van der Waals surface area contributed by atoms with E-state index in [9.17, 15) is 23.6 Å². The molecule has 2 N–H and O–H groups in total. The fourth-order valence-corrected chi connectivity index (χ4v) is 3.99. The number of benzene rings is 1. The predicted molar refractivity (Wildman–Crippen MR) is 128 cm³/mol. The minimum Gasteiger partial charge on any atom is -0.461 e. The second-order valence-electron chi connectivity index (χ2n) is 8.18. The first-order valence-electron chi connectivity index (χ1n) is 11.0. The summed E-state index contributed by atoms with van der Waals surface area (Å²) in [6.45, 7) is 3.77. The van der Waals surface area contributed by atoms with Gasteiger partial charge in [-0.2, -0.15) is 0 Å². The third kappa shape index (κ3) is 5.07. The quantitative estimate of drug-likeness (QED) is 0.313. The summed E-state index contributed by atoms with van der Waals surface area (Å²) in [4.78, 5) is 56.2. The summed E-state index contributed by atoms with van der Waals surface area (Å²) in [7, 11) is 0. The zero-order chi connectivity index (χ0) is 25.9. The van der Waals surface area contributed by atoms with Gasteiger partial charge in [-0.3, -0.25) is 19.2 Å². The number of hydrogen-bond acceptors (Lipinski definition) is 7. The van der Waals surface area contributed by atoms with Crippen LogP contribution in [0.15, 0.2) is 49.2 Å². The Bertz CT molecular complexity index is 1220. The summed E-state index contributed by atoms with van der Waals surface area (Å²) in [5, 5.41) is 5.29. The van der Waals surface area contributed by atoms with E-state index >= 15 is 0 Å². The Morgan fingerprint density at radius 2 is 2.11 bits per heavy atom. The van der Waals surface area contributed by atoms with Crippen LogP contribution in [0.1, 0.15) is 6.42 Å². The molecule has 2 aromatic rings. The van der Waals surface area contributed by atoms with Gasteiger partial charge in [0.25, 0.3) is 5.91 Å². The number of hydrogen-bond donors (Lipinski definition) is 2. The first kappa shape index (κ1) is 25.3. The van der Waals surface area contributed by atoms with Gasteiger partial charge in [0.2, 0.25) is 11.8 Å². The molecule has 1 aliphatic carbocycles. The molecule has 0 radical (unpaired) electrons. The summed E-state index contributed by atoms with van der Waals surface area (Å²) in [5.41, 5.74) is -1.77. The lowest BCUT2D eigenvalue weighted by molar-refractivity contribution is -0.154. The van der Waals surface area contributed by atoms with E-state index < -0.39 is 34.9 Å². The number of amides is 3. The molecule has 4 rings (SSSR count). The molecule has 36 heavy (non-hydrogen) atoms. The maximum atomic E-state index is 14.9. The molecule has 2 fully saturated rings. The molecule has 188 valence electrons. The molecule has 2 unspecified atom stereocenters. The normalized spacial score (nSPS) is 20.9. The van der Waals surface area contributed by atoms with E-state index in [1.807, 2.05) is 0 Å². The van der Waals surface area contributed by atoms with Crippen LogP contribution in [0.2, 0.25) is 5.02 Å². The molecule has 10 nitrogen and oxygen atoms in total. The first-order valence-corrected chi connectivity index (χ1v) is 11.3. The summed E-state index contributed by atoms with van der Waals surface area (Å²) < 4.78 is 25.0. The number of rotatable bonds is 8. The molecular weight excluding hydrogens is 495 g/mol. The molecule has 2 aliphatic rings. The molecule has 1 aliphatic heterocycles. The third-order valence-corrected chi connectivity index (χ3v) is 6.08. The summed E-state index contributed by atoms with van der Waals surface area (Å²) in [6.07, 6.45) is 2.51. The smallest absolute Gasteiger partial charge is 0.322 e. The second-order valence-corrected chi connectivity index (χ2v) is 8.62. The van der Waals surface area contributed by atoms with Gasteiger partial charge in [0, 0.05) is 18.4 Å². The summed E-state index contributed by atoms with van der Waals surface area (Å²) in [6, 6.07) is 6.84. The number of halogens is 2. The molecule has 1 saturated heterocycles. The van der Waals surface area contributed by atoms with E-state index in [2.05, 4.69) is 22.2 Å². The van der Waals surface area contributed by atoms with Crippen molar-refractivity contribution in [2.24, 2.45) is 11.3 Å². The molecule has 1 aromatic heterocycles. The van der Waals surface area contributed by atoms with Gasteiger partial charge in [-0.25, -0.2) is 9.37 Å². The maximum absolute atomic E-state index is 14.9.